The van der Waals surface area contributed by atoms with Gasteiger partial charge in [0.15, 0.2) is 0 Å². The van der Waals surface area contributed by atoms with Gasteiger partial charge in [0.25, 0.3) is 5.91 Å². The summed E-state index contributed by atoms with van der Waals surface area (Å²) in [6.45, 7) is 1.42. The molecule has 1 aliphatic carbocycles. The number of nitrogens with one attached hydrogen (secondary N) is 1. The molecular formula is C24H25N3O. The Morgan fingerprint density at radius 3 is 2.00 bits per heavy atom. The summed E-state index contributed by atoms with van der Waals surface area (Å²) in [5, 5.41) is 3.10. The smallest absolute Gasteiger partial charge is 0.253 e. The van der Waals surface area contributed by atoms with Crippen LogP contribution in [0.2, 0.25) is 0 Å². The fourth-order valence-corrected chi connectivity index (χ4v) is 3.34. The average Bonchev–Trinajstić information content (AvgIpc) is 3.53. The van der Waals surface area contributed by atoms with Gasteiger partial charge in [-0.15, -0.1) is 0 Å². The van der Waals surface area contributed by atoms with Crippen molar-refractivity contribution < 1.29 is 4.79 Å². The van der Waals surface area contributed by atoms with E-state index in [-0.39, 0.29) is 5.91 Å². The topological polar surface area (TPSA) is 58.4 Å². The van der Waals surface area contributed by atoms with Crippen molar-refractivity contribution in [3.8, 4) is 0 Å². The van der Waals surface area contributed by atoms with Crippen LogP contribution in [0.25, 0.3) is 0 Å². The molecule has 0 saturated heterocycles. The van der Waals surface area contributed by atoms with Gasteiger partial charge in [-0.05, 0) is 42.2 Å². The number of rotatable bonds is 7. The average molecular weight is 371 g/mol. The molecule has 3 aromatic carbocycles. The van der Waals surface area contributed by atoms with Gasteiger partial charge in [0.2, 0.25) is 0 Å². The molecule has 0 unspecified atom stereocenters. The number of hydrogen-bond donors (Lipinski definition) is 2. The van der Waals surface area contributed by atoms with Crippen LogP contribution in [0.1, 0.15) is 34.3 Å². The van der Waals surface area contributed by atoms with Gasteiger partial charge in [0.05, 0.1) is 11.3 Å². The Balaban J connectivity index is 1.69. The fourth-order valence-electron chi connectivity index (χ4n) is 3.34. The third kappa shape index (κ3) is 4.52. The van der Waals surface area contributed by atoms with E-state index in [1.54, 1.807) is 6.07 Å². The van der Waals surface area contributed by atoms with Gasteiger partial charge in [0.1, 0.15) is 0 Å². The summed E-state index contributed by atoms with van der Waals surface area (Å²) in [5.74, 6) is -0.0454. The van der Waals surface area contributed by atoms with Gasteiger partial charge in [0, 0.05) is 24.8 Å². The first-order valence-corrected chi connectivity index (χ1v) is 9.72. The SMILES string of the molecule is Nc1ccc(N(Cc2ccccc2)Cc2ccccc2)c(C(=O)NC2CC2)c1. The molecule has 3 N–H and O–H groups in total. The zero-order valence-corrected chi connectivity index (χ0v) is 15.8. The summed E-state index contributed by atoms with van der Waals surface area (Å²) in [5.41, 5.74) is 10.6. The van der Waals surface area contributed by atoms with E-state index in [4.69, 9.17) is 5.73 Å². The standard InChI is InChI=1S/C24H25N3O/c25-20-11-14-23(22(15-20)24(28)26-21-12-13-21)27(16-18-7-3-1-4-8-18)17-19-9-5-2-6-10-19/h1-11,14-15,21H,12-13,16-17,25H2,(H,26,28). The molecule has 1 aliphatic rings. The van der Waals surface area contributed by atoms with E-state index >= 15 is 0 Å². The van der Waals surface area contributed by atoms with Gasteiger partial charge >= 0.3 is 0 Å². The van der Waals surface area contributed by atoms with Crippen LogP contribution in [-0.4, -0.2) is 11.9 Å². The van der Waals surface area contributed by atoms with Crippen LogP contribution in [0.15, 0.2) is 78.9 Å². The Labute approximate surface area is 166 Å². The highest BCUT2D eigenvalue weighted by Gasteiger charge is 2.26. The summed E-state index contributed by atoms with van der Waals surface area (Å²) < 4.78 is 0. The Morgan fingerprint density at radius 2 is 1.46 bits per heavy atom. The fraction of sp³-hybridized carbons (Fsp3) is 0.208. The van der Waals surface area contributed by atoms with Gasteiger partial charge in [-0.1, -0.05) is 60.7 Å². The van der Waals surface area contributed by atoms with E-state index in [0.717, 1.165) is 18.5 Å². The van der Waals surface area contributed by atoms with Crippen molar-refractivity contribution in [3.63, 3.8) is 0 Å². The minimum atomic E-state index is -0.0454. The maximum Gasteiger partial charge on any atom is 0.253 e. The van der Waals surface area contributed by atoms with Crippen LogP contribution < -0.4 is 16.0 Å². The molecule has 142 valence electrons. The number of benzene rings is 3. The van der Waals surface area contributed by atoms with Crippen LogP contribution in [0.5, 0.6) is 0 Å². The molecule has 1 fully saturated rings. The molecule has 0 radical (unpaired) electrons. The number of amides is 1. The van der Waals surface area contributed by atoms with E-state index in [2.05, 4.69) is 34.5 Å². The molecule has 28 heavy (non-hydrogen) atoms. The number of nitrogens with two attached hydrogens (primary N) is 1. The van der Waals surface area contributed by atoms with Crippen molar-refractivity contribution in [2.24, 2.45) is 0 Å². The molecule has 0 bridgehead atoms. The maximum absolute atomic E-state index is 12.9. The lowest BCUT2D eigenvalue weighted by Crippen LogP contribution is -2.30. The van der Waals surface area contributed by atoms with E-state index < -0.39 is 0 Å². The molecular weight excluding hydrogens is 346 g/mol. The zero-order valence-electron chi connectivity index (χ0n) is 15.8. The quantitative estimate of drug-likeness (QED) is 0.607. The Morgan fingerprint density at radius 1 is 0.893 bits per heavy atom. The van der Waals surface area contributed by atoms with E-state index in [1.165, 1.54) is 11.1 Å². The maximum atomic E-state index is 12.9. The molecule has 0 aliphatic heterocycles. The highest BCUT2D eigenvalue weighted by atomic mass is 16.1. The van der Waals surface area contributed by atoms with Crippen molar-refractivity contribution in [3.05, 3.63) is 95.6 Å². The van der Waals surface area contributed by atoms with Crippen molar-refractivity contribution >= 4 is 17.3 Å². The first-order valence-electron chi connectivity index (χ1n) is 9.72. The molecule has 0 atom stereocenters. The zero-order chi connectivity index (χ0) is 19.3. The summed E-state index contributed by atoms with van der Waals surface area (Å²) in [4.78, 5) is 15.1. The molecule has 3 aromatic rings. The summed E-state index contributed by atoms with van der Waals surface area (Å²) in [7, 11) is 0. The van der Waals surface area contributed by atoms with Crippen LogP contribution in [0, 0.1) is 0 Å². The first kappa shape index (κ1) is 18.1. The first-order chi connectivity index (χ1) is 13.7. The van der Waals surface area contributed by atoms with Crippen LogP contribution in [0.3, 0.4) is 0 Å². The highest BCUT2D eigenvalue weighted by Crippen LogP contribution is 2.28. The largest absolute Gasteiger partial charge is 0.399 e. The van der Waals surface area contributed by atoms with Crippen molar-refractivity contribution in [2.75, 3.05) is 10.6 Å². The lowest BCUT2D eigenvalue weighted by molar-refractivity contribution is 0.0951. The second-order valence-corrected chi connectivity index (χ2v) is 7.35. The van der Waals surface area contributed by atoms with Gasteiger partial charge in [-0.3, -0.25) is 4.79 Å². The summed E-state index contributed by atoms with van der Waals surface area (Å²) >= 11 is 0. The molecule has 4 heteroatoms. The number of nitrogens with zero attached hydrogens (tertiary/aromatic N) is 1. The van der Waals surface area contributed by atoms with Crippen LogP contribution in [0.4, 0.5) is 11.4 Å². The lowest BCUT2D eigenvalue weighted by atomic mass is 10.1. The minimum absolute atomic E-state index is 0.0454. The summed E-state index contributed by atoms with van der Waals surface area (Å²) in [6.07, 6.45) is 2.11. The molecule has 1 saturated carbocycles. The summed E-state index contributed by atoms with van der Waals surface area (Å²) in [6, 6.07) is 26.6. The highest BCUT2D eigenvalue weighted by molar-refractivity contribution is 6.01. The molecule has 0 heterocycles. The third-order valence-corrected chi connectivity index (χ3v) is 4.95. The van der Waals surface area contributed by atoms with Crippen LogP contribution in [-0.2, 0) is 13.1 Å². The molecule has 0 aromatic heterocycles. The number of carbonyl (C=O) groups is 1. The van der Waals surface area contributed by atoms with Gasteiger partial charge in [-0.2, -0.15) is 0 Å². The third-order valence-electron chi connectivity index (χ3n) is 4.95. The normalized spacial score (nSPS) is 13.1. The molecule has 4 rings (SSSR count). The number of hydrogen-bond acceptors (Lipinski definition) is 3. The van der Waals surface area contributed by atoms with Crippen molar-refractivity contribution in [2.45, 2.75) is 32.0 Å². The van der Waals surface area contributed by atoms with E-state index in [9.17, 15) is 4.79 Å². The Kier molecular flexibility index (Phi) is 5.29. The van der Waals surface area contributed by atoms with Crippen molar-refractivity contribution in [1.29, 1.82) is 0 Å². The minimum Gasteiger partial charge on any atom is -0.399 e. The molecule has 1 amide bonds. The second kappa shape index (κ2) is 8.17. The molecule has 4 nitrogen and oxygen atoms in total. The monoisotopic (exact) mass is 371 g/mol. The van der Waals surface area contributed by atoms with Crippen molar-refractivity contribution in [1.82, 2.24) is 5.32 Å². The number of carbonyl (C=O) groups excluding carboxylic acids is 1. The Bertz CT molecular complexity index is 895. The molecule has 0 spiro atoms. The van der Waals surface area contributed by atoms with E-state index in [1.807, 2.05) is 48.5 Å². The van der Waals surface area contributed by atoms with Crippen LogP contribution >= 0.6 is 0 Å². The second-order valence-electron chi connectivity index (χ2n) is 7.35. The predicted molar refractivity (Wildman–Crippen MR) is 114 cm³/mol. The lowest BCUT2D eigenvalue weighted by Gasteiger charge is -2.27. The van der Waals surface area contributed by atoms with Gasteiger partial charge < -0.3 is 16.0 Å². The Hall–Kier alpha value is -3.27. The predicted octanol–water partition coefficient (Wildman–Crippen LogP) is 4.37. The number of anilines is 2. The number of nitrogen functional groups attached to an aromatic ring is 1. The van der Waals surface area contributed by atoms with E-state index in [0.29, 0.717) is 30.4 Å². The van der Waals surface area contributed by atoms with Gasteiger partial charge in [-0.25, -0.2) is 0 Å².